The molecule has 1 fully saturated rings. The van der Waals surface area contributed by atoms with E-state index in [4.69, 9.17) is 5.73 Å². The van der Waals surface area contributed by atoms with Gasteiger partial charge in [-0.2, -0.15) is 11.8 Å². The molecule has 16 heavy (non-hydrogen) atoms. The van der Waals surface area contributed by atoms with Crippen molar-refractivity contribution in [2.45, 2.75) is 56.7 Å². The first-order chi connectivity index (χ1) is 7.72. The molecule has 1 saturated carbocycles. The van der Waals surface area contributed by atoms with Crippen molar-refractivity contribution in [1.82, 2.24) is 5.32 Å². The number of hydrogen-bond acceptors (Lipinski definition) is 2. The quantitative estimate of drug-likeness (QED) is 0.453. The number of aliphatic imine (C=N–C) groups is 1. The molecule has 1 unspecified atom stereocenters. The average molecular weight is 243 g/mol. The Morgan fingerprint density at radius 3 is 2.56 bits per heavy atom. The zero-order chi connectivity index (χ0) is 11.8. The Kier molecular flexibility index (Phi) is 6.69. The Morgan fingerprint density at radius 1 is 1.38 bits per heavy atom. The molecule has 1 atom stereocenters. The van der Waals surface area contributed by atoms with Crippen LogP contribution in [0.2, 0.25) is 0 Å². The van der Waals surface area contributed by atoms with E-state index in [-0.39, 0.29) is 0 Å². The van der Waals surface area contributed by atoms with Gasteiger partial charge in [-0.05, 0) is 19.1 Å². The molecule has 0 spiro atoms. The molecule has 1 rings (SSSR count). The van der Waals surface area contributed by atoms with Crippen molar-refractivity contribution < 1.29 is 0 Å². The highest BCUT2D eigenvalue weighted by molar-refractivity contribution is 7.99. The van der Waals surface area contributed by atoms with Crippen LogP contribution in [0.5, 0.6) is 0 Å². The van der Waals surface area contributed by atoms with Gasteiger partial charge in [0, 0.05) is 11.3 Å². The molecule has 1 aliphatic carbocycles. The molecule has 0 aromatic heterocycles. The predicted octanol–water partition coefficient (Wildman–Crippen LogP) is 2.37. The summed E-state index contributed by atoms with van der Waals surface area (Å²) in [5.74, 6) is 0.632. The van der Waals surface area contributed by atoms with Crippen LogP contribution in [-0.2, 0) is 0 Å². The number of guanidine groups is 1. The second-order valence-corrected chi connectivity index (χ2v) is 5.88. The zero-order valence-electron chi connectivity index (χ0n) is 10.5. The minimum atomic E-state index is 0.550. The Bertz CT molecular complexity index is 210. The summed E-state index contributed by atoms with van der Waals surface area (Å²) in [5.41, 5.74) is 5.89. The number of nitrogens with zero attached hydrogens (tertiary/aromatic N) is 1. The number of thioether (sulfide) groups is 1. The van der Waals surface area contributed by atoms with Gasteiger partial charge in [0.05, 0.1) is 6.54 Å². The lowest BCUT2D eigenvalue weighted by atomic mass is 10.1. The Labute approximate surface area is 104 Å². The van der Waals surface area contributed by atoms with Gasteiger partial charge in [0.1, 0.15) is 0 Å². The van der Waals surface area contributed by atoms with Crippen molar-refractivity contribution in [2.75, 3.05) is 12.8 Å². The van der Waals surface area contributed by atoms with Crippen LogP contribution in [0, 0.1) is 0 Å². The van der Waals surface area contributed by atoms with E-state index in [0.717, 1.165) is 6.54 Å². The van der Waals surface area contributed by atoms with Crippen molar-refractivity contribution in [3.63, 3.8) is 0 Å². The second kappa shape index (κ2) is 7.82. The molecule has 3 nitrogen and oxygen atoms in total. The third kappa shape index (κ3) is 5.64. The highest BCUT2D eigenvalue weighted by Crippen LogP contribution is 2.16. The summed E-state index contributed by atoms with van der Waals surface area (Å²) in [6.07, 6.45) is 9.99. The van der Waals surface area contributed by atoms with E-state index in [0.29, 0.717) is 17.3 Å². The van der Waals surface area contributed by atoms with Crippen LogP contribution in [0.4, 0.5) is 0 Å². The molecular formula is C12H25N3S. The molecule has 0 bridgehead atoms. The molecule has 0 saturated heterocycles. The van der Waals surface area contributed by atoms with Gasteiger partial charge < -0.3 is 11.1 Å². The lowest BCUT2D eigenvalue weighted by Crippen LogP contribution is -2.40. The molecule has 1 aliphatic rings. The summed E-state index contributed by atoms with van der Waals surface area (Å²) in [6, 6.07) is 0.552. The number of nitrogens with two attached hydrogens (primary N) is 1. The lowest BCUT2D eigenvalue weighted by molar-refractivity contribution is 0.530. The fourth-order valence-electron chi connectivity index (χ4n) is 1.98. The first-order valence-corrected chi connectivity index (χ1v) is 7.60. The first kappa shape index (κ1) is 13.7. The highest BCUT2D eigenvalue weighted by atomic mass is 32.2. The Hall–Kier alpha value is -0.380. The van der Waals surface area contributed by atoms with E-state index in [9.17, 15) is 0 Å². The van der Waals surface area contributed by atoms with Gasteiger partial charge in [0.2, 0.25) is 0 Å². The fraction of sp³-hybridized carbons (Fsp3) is 0.917. The topological polar surface area (TPSA) is 50.4 Å². The molecule has 94 valence electrons. The van der Waals surface area contributed by atoms with Gasteiger partial charge in [-0.3, -0.25) is 4.99 Å². The maximum absolute atomic E-state index is 5.89. The number of hydrogen-bond donors (Lipinski definition) is 2. The molecular weight excluding hydrogens is 218 g/mol. The van der Waals surface area contributed by atoms with E-state index in [1.54, 1.807) is 0 Å². The normalized spacial score (nSPS) is 21.5. The van der Waals surface area contributed by atoms with Crippen molar-refractivity contribution in [3.8, 4) is 0 Å². The van der Waals surface area contributed by atoms with Crippen LogP contribution in [0.25, 0.3) is 0 Å². The third-order valence-corrected chi connectivity index (χ3v) is 4.08. The SMILES string of the molecule is CSC(C)CN=C(N)NC1CCCCCC1. The highest BCUT2D eigenvalue weighted by Gasteiger charge is 2.12. The van der Waals surface area contributed by atoms with E-state index in [1.165, 1.54) is 38.5 Å². The summed E-state index contributed by atoms with van der Waals surface area (Å²) in [6.45, 7) is 2.99. The van der Waals surface area contributed by atoms with Gasteiger partial charge >= 0.3 is 0 Å². The van der Waals surface area contributed by atoms with E-state index < -0.39 is 0 Å². The maximum atomic E-state index is 5.89. The zero-order valence-corrected chi connectivity index (χ0v) is 11.4. The molecule has 0 aromatic carbocycles. The number of nitrogens with one attached hydrogen (secondary N) is 1. The van der Waals surface area contributed by atoms with Gasteiger partial charge in [0.15, 0.2) is 5.96 Å². The smallest absolute Gasteiger partial charge is 0.188 e. The monoisotopic (exact) mass is 243 g/mol. The predicted molar refractivity (Wildman–Crippen MR) is 74.1 cm³/mol. The molecule has 3 N–H and O–H groups in total. The lowest BCUT2D eigenvalue weighted by Gasteiger charge is -2.17. The van der Waals surface area contributed by atoms with Crippen LogP contribution >= 0.6 is 11.8 Å². The molecule has 0 aromatic rings. The third-order valence-electron chi connectivity index (χ3n) is 3.13. The van der Waals surface area contributed by atoms with Crippen LogP contribution in [-0.4, -0.2) is 30.1 Å². The van der Waals surface area contributed by atoms with Crippen LogP contribution in [0.3, 0.4) is 0 Å². The minimum Gasteiger partial charge on any atom is -0.370 e. The van der Waals surface area contributed by atoms with Gasteiger partial charge in [-0.25, -0.2) is 0 Å². The molecule has 0 heterocycles. The molecule has 0 aliphatic heterocycles. The largest absolute Gasteiger partial charge is 0.370 e. The molecule has 4 heteroatoms. The summed E-state index contributed by atoms with van der Waals surface area (Å²) >= 11 is 1.83. The van der Waals surface area contributed by atoms with E-state index in [2.05, 4.69) is 23.5 Å². The van der Waals surface area contributed by atoms with Crippen molar-refractivity contribution in [2.24, 2.45) is 10.7 Å². The van der Waals surface area contributed by atoms with Crippen molar-refractivity contribution >= 4 is 17.7 Å². The van der Waals surface area contributed by atoms with Crippen LogP contribution in [0.1, 0.15) is 45.4 Å². The van der Waals surface area contributed by atoms with Crippen molar-refractivity contribution in [1.29, 1.82) is 0 Å². The van der Waals surface area contributed by atoms with Crippen molar-refractivity contribution in [3.05, 3.63) is 0 Å². The minimum absolute atomic E-state index is 0.550. The summed E-state index contributed by atoms with van der Waals surface area (Å²) in [7, 11) is 0. The standard InChI is InChI=1S/C12H25N3S/c1-10(16-2)9-14-12(13)15-11-7-5-3-4-6-8-11/h10-11H,3-9H2,1-2H3,(H3,13,14,15). The van der Waals surface area contributed by atoms with Crippen LogP contribution in [0.15, 0.2) is 4.99 Å². The summed E-state index contributed by atoms with van der Waals surface area (Å²) in [4.78, 5) is 4.38. The van der Waals surface area contributed by atoms with Gasteiger partial charge in [-0.1, -0.05) is 32.6 Å². The number of rotatable bonds is 4. The van der Waals surface area contributed by atoms with E-state index in [1.807, 2.05) is 11.8 Å². The Balaban J connectivity index is 2.28. The molecule has 0 amide bonds. The van der Waals surface area contributed by atoms with Crippen LogP contribution < -0.4 is 11.1 Å². The maximum Gasteiger partial charge on any atom is 0.188 e. The second-order valence-electron chi connectivity index (χ2n) is 4.61. The fourth-order valence-corrected chi connectivity index (χ4v) is 2.20. The van der Waals surface area contributed by atoms with Gasteiger partial charge in [0.25, 0.3) is 0 Å². The molecule has 0 radical (unpaired) electrons. The van der Waals surface area contributed by atoms with Gasteiger partial charge in [-0.15, -0.1) is 0 Å². The first-order valence-electron chi connectivity index (χ1n) is 6.31. The Morgan fingerprint density at radius 2 is 2.00 bits per heavy atom. The summed E-state index contributed by atoms with van der Waals surface area (Å²) < 4.78 is 0. The summed E-state index contributed by atoms with van der Waals surface area (Å²) in [5, 5.41) is 3.91. The van der Waals surface area contributed by atoms with E-state index >= 15 is 0 Å². The average Bonchev–Trinajstić information content (AvgIpc) is 2.54.